The molecule has 0 unspecified atom stereocenters. The number of ether oxygens (including phenoxy) is 2. The first-order chi connectivity index (χ1) is 9.19. The standard InChI is InChI=1S/C15H23NO3/c1-3-5-6-7-10-19-14-9-8-12(16)11-13(14)15(17)18-4-2/h8-9,11H,3-7,10,16H2,1-2H3. The van der Waals surface area contributed by atoms with Crippen molar-refractivity contribution in [3.05, 3.63) is 23.8 Å². The second-order valence-corrected chi connectivity index (χ2v) is 4.39. The van der Waals surface area contributed by atoms with E-state index in [0.29, 0.717) is 30.2 Å². The highest BCUT2D eigenvalue weighted by atomic mass is 16.5. The molecule has 1 aromatic carbocycles. The van der Waals surface area contributed by atoms with Crippen molar-refractivity contribution in [3.63, 3.8) is 0 Å². The number of esters is 1. The van der Waals surface area contributed by atoms with Crippen LogP contribution in [-0.2, 0) is 4.74 Å². The smallest absolute Gasteiger partial charge is 0.341 e. The topological polar surface area (TPSA) is 61.5 Å². The fraction of sp³-hybridized carbons (Fsp3) is 0.533. The number of anilines is 1. The van der Waals surface area contributed by atoms with Gasteiger partial charge in [-0.05, 0) is 31.5 Å². The molecule has 0 atom stereocenters. The Morgan fingerprint density at radius 2 is 2.00 bits per heavy atom. The minimum atomic E-state index is -0.390. The van der Waals surface area contributed by atoms with Gasteiger partial charge in [-0.1, -0.05) is 26.2 Å². The molecule has 0 aliphatic heterocycles. The molecule has 0 saturated heterocycles. The Bertz CT molecular complexity index is 404. The molecule has 0 amide bonds. The maximum atomic E-state index is 11.8. The molecular formula is C15H23NO3. The highest BCUT2D eigenvalue weighted by Crippen LogP contribution is 2.22. The normalized spacial score (nSPS) is 10.2. The molecule has 19 heavy (non-hydrogen) atoms. The first-order valence-electron chi connectivity index (χ1n) is 6.88. The number of hydrogen-bond donors (Lipinski definition) is 1. The molecule has 0 bridgehead atoms. The van der Waals surface area contributed by atoms with Crippen molar-refractivity contribution in [2.75, 3.05) is 18.9 Å². The van der Waals surface area contributed by atoms with Gasteiger partial charge >= 0.3 is 5.97 Å². The van der Waals surface area contributed by atoms with Gasteiger partial charge in [0.05, 0.1) is 13.2 Å². The number of unbranched alkanes of at least 4 members (excludes halogenated alkanes) is 3. The van der Waals surface area contributed by atoms with Crippen molar-refractivity contribution >= 4 is 11.7 Å². The lowest BCUT2D eigenvalue weighted by atomic mass is 10.1. The zero-order valence-electron chi connectivity index (χ0n) is 11.8. The van der Waals surface area contributed by atoms with E-state index in [1.807, 2.05) is 0 Å². The molecule has 0 spiro atoms. The zero-order valence-corrected chi connectivity index (χ0v) is 11.8. The van der Waals surface area contributed by atoms with Gasteiger partial charge < -0.3 is 15.2 Å². The fourth-order valence-electron chi connectivity index (χ4n) is 1.75. The highest BCUT2D eigenvalue weighted by Gasteiger charge is 2.14. The largest absolute Gasteiger partial charge is 0.493 e. The van der Waals surface area contributed by atoms with E-state index in [2.05, 4.69) is 6.92 Å². The Labute approximate surface area is 114 Å². The van der Waals surface area contributed by atoms with Crippen molar-refractivity contribution in [2.45, 2.75) is 39.5 Å². The van der Waals surface area contributed by atoms with Gasteiger partial charge in [-0.15, -0.1) is 0 Å². The van der Waals surface area contributed by atoms with Crippen LogP contribution < -0.4 is 10.5 Å². The molecule has 4 nitrogen and oxygen atoms in total. The SMILES string of the molecule is CCCCCCOc1ccc(N)cc1C(=O)OCC. The van der Waals surface area contributed by atoms with Crippen molar-refractivity contribution < 1.29 is 14.3 Å². The molecule has 0 heterocycles. The van der Waals surface area contributed by atoms with Crippen LogP contribution in [0.25, 0.3) is 0 Å². The number of carbonyl (C=O) groups excluding carboxylic acids is 1. The number of carbonyl (C=O) groups is 1. The van der Waals surface area contributed by atoms with E-state index in [1.54, 1.807) is 25.1 Å². The average Bonchev–Trinajstić information content (AvgIpc) is 2.40. The van der Waals surface area contributed by atoms with Gasteiger partial charge in [0.2, 0.25) is 0 Å². The minimum absolute atomic E-state index is 0.337. The summed E-state index contributed by atoms with van der Waals surface area (Å²) in [6.45, 7) is 4.88. The summed E-state index contributed by atoms with van der Waals surface area (Å²) < 4.78 is 10.6. The average molecular weight is 265 g/mol. The van der Waals surface area contributed by atoms with Gasteiger partial charge in [-0.3, -0.25) is 0 Å². The molecule has 106 valence electrons. The minimum Gasteiger partial charge on any atom is -0.493 e. The van der Waals surface area contributed by atoms with Gasteiger partial charge in [0.1, 0.15) is 11.3 Å². The third-order valence-electron chi connectivity index (χ3n) is 2.75. The van der Waals surface area contributed by atoms with Crippen LogP contribution in [0.15, 0.2) is 18.2 Å². The molecule has 0 saturated carbocycles. The predicted octanol–water partition coefficient (Wildman–Crippen LogP) is 3.40. The zero-order chi connectivity index (χ0) is 14.1. The molecule has 0 radical (unpaired) electrons. The molecular weight excluding hydrogens is 242 g/mol. The molecule has 0 fully saturated rings. The number of benzene rings is 1. The van der Waals surface area contributed by atoms with E-state index in [0.717, 1.165) is 12.8 Å². The van der Waals surface area contributed by atoms with Crippen LogP contribution in [0.1, 0.15) is 49.9 Å². The Balaban J connectivity index is 2.63. The summed E-state index contributed by atoms with van der Waals surface area (Å²) in [6, 6.07) is 5.05. The Hall–Kier alpha value is -1.71. The predicted molar refractivity (Wildman–Crippen MR) is 76.4 cm³/mol. The summed E-state index contributed by atoms with van der Waals surface area (Å²) in [6.07, 6.45) is 4.52. The maximum Gasteiger partial charge on any atom is 0.341 e. The molecule has 1 rings (SSSR count). The third-order valence-corrected chi connectivity index (χ3v) is 2.75. The van der Waals surface area contributed by atoms with E-state index < -0.39 is 5.97 Å². The summed E-state index contributed by atoms with van der Waals surface area (Å²) >= 11 is 0. The van der Waals surface area contributed by atoms with Crippen LogP contribution >= 0.6 is 0 Å². The fourth-order valence-corrected chi connectivity index (χ4v) is 1.75. The summed E-state index contributed by atoms with van der Waals surface area (Å²) in [7, 11) is 0. The Kier molecular flexibility index (Phi) is 6.79. The van der Waals surface area contributed by atoms with E-state index >= 15 is 0 Å². The van der Waals surface area contributed by atoms with Crippen molar-refractivity contribution in [2.24, 2.45) is 0 Å². The van der Waals surface area contributed by atoms with Crippen LogP contribution in [0.3, 0.4) is 0 Å². The van der Waals surface area contributed by atoms with E-state index in [1.165, 1.54) is 12.8 Å². The third kappa shape index (κ3) is 5.20. The molecule has 1 aromatic rings. The highest BCUT2D eigenvalue weighted by molar-refractivity contribution is 5.93. The second-order valence-electron chi connectivity index (χ2n) is 4.39. The maximum absolute atomic E-state index is 11.8. The molecule has 2 N–H and O–H groups in total. The molecule has 4 heteroatoms. The van der Waals surface area contributed by atoms with Crippen LogP contribution in [0, 0.1) is 0 Å². The number of rotatable bonds is 8. The lowest BCUT2D eigenvalue weighted by Crippen LogP contribution is -2.09. The quantitative estimate of drug-likeness (QED) is 0.444. The van der Waals surface area contributed by atoms with Crippen molar-refractivity contribution in [1.29, 1.82) is 0 Å². The second kappa shape index (κ2) is 8.40. The lowest BCUT2D eigenvalue weighted by Gasteiger charge is -2.11. The number of nitrogens with two attached hydrogens (primary N) is 1. The first kappa shape index (κ1) is 15.3. The summed E-state index contributed by atoms with van der Waals surface area (Å²) in [5.74, 6) is 0.155. The van der Waals surface area contributed by atoms with Crippen LogP contribution in [0.2, 0.25) is 0 Å². The van der Waals surface area contributed by atoms with Crippen LogP contribution in [-0.4, -0.2) is 19.2 Å². The summed E-state index contributed by atoms with van der Waals surface area (Å²) in [4.78, 5) is 11.8. The number of hydrogen-bond acceptors (Lipinski definition) is 4. The lowest BCUT2D eigenvalue weighted by molar-refractivity contribution is 0.0521. The molecule has 0 aliphatic carbocycles. The van der Waals surface area contributed by atoms with Gasteiger partial charge in [0.25, 0.3) is 0 Å². The first-order valence-corrected chi connectivity index (χ1v) is 6.88. The van der Waals surface area contributed by atoms with Crippen LogP contribution in [0.5, 0.6) is 5.75 Å². The summed E-state index contributed by atoms with van der Waals surface area (Å²) in [5, 5.41) is 0. The van der Waals surface area contributed by atoms with Crippen LogP contribution in [0.4, 0.5) is 5.69 Å². The van der Waals surface area contributed by atoms with Gasteiger partial charge in [0, 0.05) is 5.69 Å². The van der Waals surface area contributed by atoms with Gasteiger partial charge in [0.15, 0.2) is 0 Å². The van der Waals surface area contributed by atoms with Crippen molar-refractivity contribution in [1.82, 2.24) is 0 Å². The molecule has 0 aromatic heterocycles. The van der Waals surface area contributed by atoms with E-state index in [-0.39, 0.29) is 0 Å². The van der Waals surface area contributed by atoms with Crippen molar-refractivity contribution in [3.8, 4) is 5.75 Å². The number of nitrogen functional groups attached to an aromatic ring is 1. The van der Waals surface area contributed by atoms with E-state index in [9.17, 15) is 4.79 Å². The molecule has 0 aliphatic rings. The van der Waals surface area contributed by atoms with Gasteiger partial charge in [-0.25, -0.2) is 4.79 Å². The van der Waals surface area contributed by atoms with E-state index in [4.69, 9.17) is 15.2 Å². The Morgan fingerprint density at radius 1 is 1.21 bits per heavy atom. The monoisotopic (exact) mass is 265 g/mol. The van der Waals surface area contributed by atoms with Gasteiger partial charge in [-0.2, -0.15) is 0 Å². The summed E-state index contributed by atoms with van der Waals surface area (Å²) in [5.41, 5.74) is 6.62. The Morgan fingerprint density at radius 3 is 2.68 bits per heavy atom.